The summed E-state index contributed by atoms with van der Waals surface area (Å²) in [7, 11) is -3.91. The van der Waals surface area contributed by atoms with Crippen LogP contribution in [0.15, 0.2) is 53.4 Å². The summed E-state index contributed by atoms with van der Waals surface area (Å²) < 4.78 is 29.8. The summed E-state index contributed by atoms with van der Waals surface area (Å²) in [6.07, 6.45) is 0. The number of aryl methyl sites for hydroxylation is 1. The lowest BCUT2D eigenvalue weighted by Crippen LogP contribution is -2.43. The molecular weight excluding hydrogens is 372 g/mol. The Morgan fingerprint density at radius 1 is 1.07 bits per heavy atom. The number of carbonyl (C=O) groups excluding carboxylic acids is 1. The number of hydrazine groups is 1. The van der Waals surface area contributed by atoms with Gasteiger partial charge in [0.25, 0.3) is 10.0 Å². The maximum absolute atomic E-state index is 12.4. The zero-order valence-electron chi connectivity index (χ0n) is 14.8. The van der Waals surface area contributed by atoms with Crippen LogP contribution < -0.4 is 10.3 Å². The average molecular weight is 392 g/mol. The van der Waals surface area contributed by atoms with Crippen LogP contribution in [0.4, 0.5) is 0 Å². The monoisotopic (exact) mass is 392 g/mol. The van der Waals surface area contributed by atoms with E-state index in [9.17, 15) is 18.0 Å². The SMILES string of the molecule is CCOC(=O)C(NNS(=O)(=O)c1ccc(C)cc1)c1ccc(C(=O)O)cc1. The molecule has 0 heterocycles. The molecule has 0 aliphatic rings. The number of carbonyl (C=O) groups is 2. The minimum Gasteiger partial charge on any atom is -0.478 e. The Labute approximate surface area is 157 Å². The number of hydrogen-bond acceptors (Lipinski definition) is 6. The van der Waals surface area contributed by atoms with Crippen molar-refractivity contribution in [3.8, 4) is 0 Å². The number of benzene rings is 2. The van der Waals surface area contributed by atoms with Gasteiger partial charge in [0.1, 0.15) is 6.04 Å². The smallest absolute Gasteiger partial charge is 0.335 e. The topological polar surface area (TPSA) is 122 Å². The van der Waals surface area contributed by atoms with Gasteiger partial charge >= 0.3 is 11.9 Å². The van der Waals surface area contributed by atoms with Gasteiger partial charge in [0.2, 0.25) is 0 Å². The number of ether oxygens (including phenoxy) is 1. The van der Waals surface area contributed by atoms with E-state index >= 15 is 0 Å². The molecule has 2 rings (SSSR count). The van der Waals surface area contributed by atoms with Crippen LogP contribution >= 0.6 is 0 Å². The molecule has 144 valence electrons. The van der Waals surface area contributed by atoms with Gasteiger partial charge in [0.15, 0.2) is 0 Å². The third kappa shape index (κ3) is 5.36. The van der Waals surface area contributed by atoms with Crippen molar-refractivity contribution in [1.29, 1.82) is 0 Å². The van der Waals surface area contributed by atoms with Gasteiger partial charge in [-0.05, 0) is 43.7 Å². The van der Waals surface area contributed by atoms with E-state index in [4.69, 9.17) is 9.84 Å². The lowest BCUT2D eigenvalue weighted by molar-refractivity contribution is -0.146. The number of aromatic carboxylic acids is 1. The average Bonchev–Trinajstić information content (AvgIpc) is 2.63. The van der Waals surface area contributed by atoms with Gasteiger partial charge in [-0.25, -0.2) is 23.4 Å². The van der Waals surface area contributed by atoms with Crippen LogP contribution in [0.3, 0.4) is 0 Å². The van der Waals surface area contributed by atoms with Crippen molar-refractivity contribution in [2.75, 3.05) is 6.61 Å². The Bertz CT molecular complexity index is 908. The molecule has 0 bridgehead atoms. The highest BCUT2D eigenvalue weighted by atomic mass is 32.2. The quantitative estimate of drug-likeness (QED) is 0.462. The summed E-state index contributed by atoms with van der Waals surface area (Å²) >= 11 is 0. The van der Waals surface area contributed by atoms with Gasteiger partial charge in [0, 0.05) is 0 Å². The van der Waals surface area contributed by atoms with Crippen molar-refractivity contribution in [1.82, 2.24) is 10.3 Å². The molecule has 1 atom stereocenters. The van der Waals surface area contributed by atoms with Gasteiger partial charge in [-0.15, -0.1) is 4.83 Å². The first-order valence-corrected chi connectivity index (χ1v) is 9.57. The zero-order chi connectivity index (χ0) is 20.0. The van der Waals surface area contributed by atoms with E-state index in [0.29, 0.717) is 5.56 Å². The molecule has 0 radical (unpaired) electrons. The van der Waals surface area contributed by atoms with Crippen LogP contribution in [0, 0.1) is 6.92 Å². The second kappa shape index (κ2) is 8.76. The lowest BCUT2D eigenvalue weighted by Gasteiger charge is -2.18. The highest BCUT2D eigenvalue weighted by Crippen LogP contribution is 2.17. The molecule has 8 nitrogen and oxygen atoms in total. The Morgan fingerprint density at radius 2 is 1.67 bits per heavy atom. The van der Waals surface area contributed by atoms with Gasteiger partial charge in [-0.1, -0.05) is 29.8 Å². The molecule has 2 aromatic carbocycles. The molecule has 0 spiro atoms. The molecule has 0 amide bonds. The molecule has 27 heavy (non-hydrogen) atoms. The van der Waals surface area contributed by atoms with Crippen molar-refractivity contribution in [2.24, 2.45) is 0 Å². The second-order valence-corrected chi connectivity index (χ2v) is 7.36. The van der Waals surface area contributed by atoms with E-state index < -0.39 is 28.0 Å². The molecule has 0 aliphatic carbocycles. The number of sulfonamides is 1. The molecule has 0 saturated carbocycles. The first-order chi connectivity index (χ1) is 12.7. The number of hydrogen-bond donors (Lipinski definition) is 3. The van der Waals surface area contributed by atoms with E-state index in [1.165, 1.54) is 36.4 Å². The van der Waals surface area contributed by atoms with Gasteiger partial charge in [0.05, 0.1) is 17.1 Å². The Hall–Kier alpha value is -2.75. The largest absolute Gasteiger partial charge is 0.478 e. The first-order valence-electron chi connectivity index (χ1n) is 8.08. The van der Waals surface area contributed by atoms with E-state index in [1.807, 2.05) is 6.92 Å². The number of rotatable bonds is 8. The summed E-state index contributed by atoms with van der Waals surface area (Å²) in [6, 6.07) is 10.5. The van der Waals surface area contributed by atoms with Crippen molar-refractivity contribution < 1.29 is 27.9 Å². The minimum atomic E-state index is -3.91. The highest BCUT2D eigenvalue weighted by molar-refractivity contribution is 7.89. The number of esters is 1. The Morgan fingerprint density at radius 3 is 2.19 bits per heavy atom. The molecule has 9 heteroatoms. The van der Waals surface area contributed by atoms with Crippen molar-refractivity contribution in [2.45, 2.75) is 24.8 Å². The predicted octanol–water partition coefficient (Wildman–Crippen LogP) is 1.78. The highest BCUT2D eigenvalue weighted by Gasteiger charge is 2.25. The van der Waals surface area contributed by atoms with Crippen LogP contribution in [0.25, 0.3) is 0 Å². The van der Waals surface area contributed by atoms with Crippen molar-refractivity contribution in [3.63, 3.8) is 0 Å². The van der Waals surface area contributed by atoms with E-state index in [1.54, 1.807) is 19.1 Å². The van der Waals surface area contributed by atoms with E-state index in [0.717, 1.165) is 5.56 Å². The Balaban J connectivity index is 2.23. The fraction of sp³-hybridized carbons (Fsp3) is 0.222. The molecule has 0 aliphatic heterocycles. The molecule has 0 aromatic heterocycles. The third-order valence-electron chi connectivity index (χ3n) is 3.68. The normalized spacial score (nSPS) is 12.4. The summed E-state index contributed by atoms with van der Waals surface area (Å²) in [5, 5.41) is 8.96. The number of nitrogens with one attached hydrogen (secondary N) is 2. The van der Waals surface area contributed by atoms with Crippen LogP contribution in [0.5, 0.6) is 0 Å². The first kappa shape index (κ1) is 20.6. The van der Waals surface area contributed by atoms with Crippen molar-refractivity contribution in [3.05, 3.63) is 65.2 Å². The minimum absolute atomic E-state index is 0.0319. The van der Waals surface area contributed by atoms with Crippen LogP contribution in [-0.4, -0.2) is 32.1 Å². The summed E-state index contributed by atoms with van der Waals surface area (Å²) in [5.41, 5.74) is 3.77. The maximum atomic E-state index is 12.4. The molecular formula is C18H20N2O6S. The predicted molar refractivity (Wildman–Crippen MR) is 97.4 cm³/mol. The third-order valence-corrected chi connectivity index (χ3v) is 4.96. The van der Waals surface area contributed by atoms with Gasteiger partial charge in [-0.2, -0.15) is 0 Å². The van der Waals surface area contributed by atoms with Crippen LogP contribution in [0.2, 0.25) is 0 Å². The molecule has 2 aromatic rings. The summed E-state index contributed by atoms with van der Waals surface area (Å²) in [6.45, 7) is 3.56. The number of carboxylic acids is 1. The van der Waals surface area contributed by atoms with Crippen LogP contribution in [-0.2, 0) is 19.6 Å². The Kier molecular flexibility index (Phi) is 6.67. The summed E-state index contributed by atoms with van der Waals surface area (Å²) in [4.78, 5) is 25.4. The fourth-order valence-corrected chi connectivity index (χ4v) is 3.12. The maximum Gasteiger partial charge on any atom is 0.335 e. The van der Waals surface area contributed by atoms with Crippen LogP contribution in [0.1, 0.15) is 34.5 Å². The summed E-state index contributed by atoms with van der Waals surface area (Å²) in [5.74, 6) is -1.81. The van der Waals surface area contributed by atoms with E-state index in [-0.39, 0.29) is 17.1 Å². The van der Waals surface area contributed by atoms with Gasteiger partial charge < -0.3 is 9.84 Å². The van der Waals surface area contributed by atoms with Gasteiger partial charge in [-0.3, -0.25) is 0 Å². The van der Waals surface area contributed by atoms with Crippen molar-refractivity contribution >= 4 is 22.0 Å². The lowest BCUT2D eigenvalue weighted by atomic mass is 10.1. The standard InChI is InChI=1S/C18H20N2O6S/c1-3-26-18(23)16(13-6-8-14(9-7-13)17(21)22)19-20-27(24,25)15-10-4-12(2)5-11-15/h4-11,16,19-20H,3H2,1-2H3,(H,21,22). The fourth-order valence-electron chi connectivity index (χ4n) is 2.23. The second-order valence-electron chi connectivity index (χ2n) is 5.68. The molecule has 0 fully saturated rings. The van der Waals surface area contributed by atoms with E-state index in [2.05, 4.69) is 10.3 Å². The molecule has 3 N–H and O–H groups in total. The molecule has 0 saturated heterocycles. The molecule has 1 unspecified atom stereocenters. The zero-order valence-corrected chi connectivity index (χ0v) is 15.6. The number of carboxylic acid groups (broad SMARTS) is 1.